The molecule has 1 amide bonds. The summed E-state index contributed by atoms with van der Waals surface area (Å²) in [5.74, 6) is 1.40. The number of nitrogens with one attached hydrogen (secondary N) is 1. The van der Waals surface area contributed by atoms with Crippen molar-refractivity contribution >= 4 is 5.91 Å². The van der Waals surface area contributed by atoms with Gasteiger partial charge in [-0.05, 0) is 62.6 Å². The van der Waals surface area contributed by atoms with Gasteiger partial charge in [0, 0.05) is 0 Å². The van der Waals surface area contributed by atoms with Crippen LogP contribution in [0.5, 0.6) is 11.5 Å². The van der Waals surface area contributed by atoms with Crippen LogP contribution in [0.1, 0.15) is 23.6 Å². The van der Waals surface area contributed by atoms with Crippen molar-refractivity contribution in [3.63, 3.8) is 0 Å². The number of hydrogen-bond donors (Lipinski definition) is 1. The van der Waals surface area contributed by atoms with Crippen LogP contribution in [-0.2, 0) is 4.79 Å². The molecule has 2 rings (SSSR count). The van der Waals surface area contributed by atoms with E-state index in [1.807, 2.05) is 63.2 Å². The third kappa shape index (κ3) is 5.30. The molecule has 0 unspecified atom stereocenters. The van der Waals surface area contributed by atoms with Crippen LogP contribution in [0.2, 0.25) is 0 Å². The van der Waals surface area contributed by atoms with Gasteiger partial charge in [-0.2, -0.15) is 0 Å². The minimum Gasteiger partial charge on any atom is -0.492 e. The highest BCUT2D eigenvalue weighted by Crippen LogP contribution is 2.20. The van der Waals surface area contributed by atoms with Crippen molar-refractivity contribution in [3.8, 4) is 11.5 Å². The fourth-order valence-electron chi connectivity index (χ4n) is 2.27. The zero-order valence-corrected chi connectivity index (χ0v) is 14.8. The van der Waals surface area contributed by atoms with E-state index in [-0.39, 0.29) is 5.91 Å². The predicted octanol–water partition coefficient (Wildman–Crippen LogP) is 3.57. The fraction of sp³-hybridized carbons (Fsp3) is 0.350. The van der Waals surface area contributed by atoms with E-state index in [1.54, 1.807) is 6.92 Å². The van der Waals surface area contributed by atoms with Gasteiger partial charge < -0.3 is 14.8 Å². The average molecular weight is 327 g/mol. The fourth-order valence-corrected chi connectivity index (χ4v) is 2.27. The van der Waals surface area contributed by atoms with E-state index in [9.17, 15) is 4.79 Å². The van der Waals surface area contributed by atoms with Crippen LogP contribution in [0.25, 0.3) is 0 Å². The number of carbonyl (C=O) groups is 1. The van der Waals surface area contributed by atoms with E-state index in [1.165, 1.54) is 0 Å². The Balaban J connectivity index is 1.76. The second-order valence-corrected chi connectivity index (χ2v) is 5.99. The smallest absolute Gasteiger partial charge is 0.260 e. The molecule has 0 saturated heterocycles. The summed E-state index contributed by atoms with van der Waals surface area (Å²) in [6.45, 7) is 8.59. The molecule has 0 aliphatic carbocycles. The number of aryl methyl sites for hydroxylation is 3. The monoisotopic (exact) mass is 327 g/mol. The van der Waals surface area contributed by atoms with Crippen LogP contribution in [-0.4, -0.2) is 25.2 Å². The highest BCUT2D eigenvalue weighted by molar-refractivity contribution is 5.80. The third-order valence-corrected chi connectivity index (χ3v) is 3.68. The molecule has 24 heavy (non-hydrogen) atoms. The van der Waals surface area contributed by atoms with Crippen molar-refractivity contribution in [2.24, 2.45) is 0 Å². The summed E-state index contributed by atoms with van der Waals surface area (Å²) < 4.78 is 11.4. The van der Waals surface area contributed by atoms with Crippen LogP contribution in [0.4, 0.5) is 0 Å². The lowest BCUT2D eigenvalue weighted by Gasteiger charge is -2.17. The molecule has 1 N–H and O–H groups in total. The number of benzene rings is 2. The summed E-state index contributed by atoms with van der Waals surface area (Å²) >= 11 is 0. The number of hydrogen-bond acceptors (Lipinski definition) is 3. The molecule has 0 bridgehead atoms. The van der Waals surface area contributed by atoms with Gasteiger partial charge in [0.25, 0.3) is 5.91 Å². The molecule has 0 radical (unpaired) electrons. The second-order valence-electron chi connectivity index (χ2n) is 5.99. The molecule has 128 valence electrons. The number of rotatable bonds is 7. The molecule has 0 aromatic heterocycles. The zero-order valence-electron chi connectivity index (χ0n) is 14.8. The van der Waals surface area contributed by atoms with Gasteiger partial charge in [-0.15, -0.1) is 0 Å². The van der Waals surface area contributed by atoms with Gasteiger partial charge in [0.15, 0.2) is 6.10 Å². The van der Waals surface area contributed by atoms with Gasteiger partial charge in [0.1, 0.15) is 18.1 Å². The SMILES string of the molecule is Cc1cccc(OCCNC(=O)[C@@H](C)Oc2cc(C)ccc2C)c1. The minimum atomic E-state index is -0.551. The molecule has 4 heteroatoms. The lowest BCUT2D eigenvalue weighted by atomic mass is 10.1. The third-order valence-electron chi connectivity index (χ3n) is 3.68. The molecule has 0 saturated carbocycles. The normalized spacial score (nSPS) is 11.7. The summed E-state index contributed by atoms with van der Waals surface area (Å²) in [6.07, 6.45) is -0.551. The maximum Gasteiger partial charge on any atom is 0.260 e. The summed E-state index contributed by atoms with van der Waals surface area (Å²) in [5.41, 5.74) is 3.27. The van der Waals surface area contributed by atoms with Crippen LogP contribution in [0.15, 0.2) is 42.5 Å². The topological polar surface area (TPSA) is 47.6 Å². The van der Waals surface area contributed by atoms with E-state index >= 15 is 0 Å². The summed E-state index contributed by atoms with van der Waals surface area (Å²) in [6, 6.07) is 13.8. The molecule has 0 aliphatic heterocycles. The molecule has 4 nitrogen and oxygen atoms in total. The molecule has 0 fully saturated rings. The Morgan fingerprint density at radius 3 is 2.58 bits per heavy atom. The Morgan fingerprint density at radius 1 is 1.08 bits per heavy atom. The Morgan fingerprint density at radius 2 is 1.83 bits per heavy atom. The number of ether oxygens (including phenoxy) is 2. The van der Waals surface area contributed by atoms with E-state index in [2.05, 4.69) is 5.32 Å². The zero-order chi connectivity index (χ0) is 17.5. The number of carbonyl (C=O) groups excluding carboxylic acids is 1. The second kappa shape index (κ2) is 8.39. The molecular weight excluding hydrogens is 302 g/mol. The Labute approximate surface area is 143 Å². The summed E-state index contributed by atoms with van der Waals surface area (Å²) in [5, 5.41) is 2.83. The van der Waals surface area contributed by atoms with Gasteiger partial charge in [-0.1, -0.05) is 24.3 Å². The van der Waals surface area contributed by atoms with Crippen molar-refractivity contribution in [2.75, 3.05) is 13.2 Å². The lowest BCUT2D eigenvalue weighted by molar-refractivity contribution is -0.127. The molecule has 0 spiro atoms. The van der Waals surface area contributed by atoms with Crippen LogP contribution in [0, 0.1) is 20.8 Å². The molecule has 1 atom stereocenters. The first-order chi connectivity index (χ1) is 11.5. The van der Waals surface area contributed by atoms with E-state index < -0.39 is 6.10 Å². The average Bonchev–Trinajstić information content (AvgIpc) is 2.55. The first-order valence-corrected chi connectivity index (χ1v) is 8.17. The van der Waals surface area contributed by atoms with Gasteiger partial charge >= 0.3 is 0 Å². The molecular formula is C20H25NO3. The van der Waals surface area contributed by atoms with Crippen molar-refractivity contribution in [1.82, 2.24) is 5.32 Å². The Hall–Kier alpha value is -2.49. The van der Waals surface area contributed by atoms with Crippen molar-refractivity contribution < 1.29 is 14.3 Å². The van der Waals surface area contributed by atoms with E-state index in [0.717, 1.165) is 28.2 Å². The van der Waals surface area contributed by atoms with Gasteiger partial charge in [-0.25, -0.2) is 0 Å². The predicted molar refractivity (Wildman–Crippen MR) is 95.7 cm³/mol. The first kappa shape index (κ1) is 17.9. The van der Waals surface area contributed by atoms with Crippen LogP contribution in [0.3, 0.4) is 0 Å². The lowest BCUT2D eigenvalue weighted by Crippen LogP contribution is -2.38. The highest BCUT2D eigenvalue weighted by atomic mass is 16.5. The summed E-state index contributed by atoms with van der Waals surface area (Å²) in [4.78, 5) is 12.1. The molecule has 0 aliphatic rings. The molecule has 0 heterocycles. The largest absolute Gasteiger partial charge is 0.492 e. The minimum absolute atomic E-state index is 0.149. The van der Waals surface area contributed by atoms with Crippen molar-refractivity contribution in [2.45, 2.75) is 33.8 Å². The highest BCUT2D eigenvalue weighted by Gasteiger charge is 2.15. The van der Waals surface area contributed by atoms with Crippen LogP contribution < -0.4 is 14.8 Å². The molecule has 2 aromatic carbocycles. The standard InChI is InChI=1S/C20H25NO3/c1-14-6-5-7-18(12-14)23-11-10-21-20(22)17(4)24-19-13-15(2)8-9-16(19)3/h5-9,12-13,17H,10-11H2,1-4H3,(H,21,22)/t17-/m1/s1. The van der Waals surface area contributed by atoms with Crippen molar-refractivity contribution in [3.05, 3.63) is 59.2 Å². The van der Waals surface area contributed by atoms with E-state index in [0.29, 0.717) is 13.2 Å². The number of amides is 1. The van der Waals surface area contributed by atoms with Crippen LogP contribution >= 0.6 is 0 Å². The van der Waals surface area contributed by atoms with Gasteiger partial charge in [0.05, 0.1) is 6.54 Å². The van der Waals surface area contributed by atoms with Gasteiger partial charge in [0.2, 0.25) is 0 Å². The summed E-state index contributed by atoms with van der Waals surface area (Å²) in [7, 11) is 0. The quantitative estimate of drug-likeness (QED) is 0.791. The molecule has 2 aromatic rings. The van der Waals surface area contributed by atoms with Crippen molar-refractivity contribution in [1.29, 1.82) is 0 Å². The maximum atomic E-state index is 12.1. The van der Waals surface area contributed by atoms with Gasteiger partial charge in [-0.3, -0.25) is 4.79 Å². The van der Waals surface area contributed by atoms with E-state index in [4.69, 9.17) is 9.47 Å². The first-order valence-electron chi connectivity index (χ1n) is 8.17. The Kier molecular flexibility index (Phi) is 6.24. The Bertz CT molecular complexity index is 697. The maximum absolute atomic E-state index is 12.1.